The van der Waals surface area contributed by atoms with Crippen molar-refractivity contribution in [1.29, 1.82) is 0 Å². The van der Waals surface area contributed by atoms with Crippen LogP contribution in [-0.4, -0.2) is 4.74 Å². The summed E-state index contributed by atoms with van der Waals surface area (Å²) in [7, 11) is 1.61. The number of aromatic nitrogens is 1. The van der Waals surface area contributed by atoms with Gasteiger partial charge in [0.2, 0.25) is 0 Å². The van der Waals surface area contributed by atoms with Crippen LogP contribution in [0.4, 0.5) is 0 Å². The van der Waals surface area contributed by atoms with Crippen molar-refractivity contribution in [1.82, 2.24) is 4.74 Å². The van der Waals surface area contributed by atoms with Crippen molar-refractivity contribution in [2.75, 3.05) is 0 Å². The number of nitrogens with zero attached hydrogens (tertiary/aromatic N) is 1. The fourth-order valence-corrected chi connectivity index (χ4v) is 1.97. The molecule has 2 rings (SSSR count). The first kappa shape index (κ1) is 9.51. The Kier molecular flexibility index (Phi) is 2.45. The highest BCUT2D eigenvalue weighted by Gasteiger charge is 2.13. The molecule has 0 spiro atoms. The fourth-order valence-electron chi connectivity index (χ4n) is 1.22. The van der Waals surface area contributed by atoms with E-state index in [1.807, 2.05) is 52.9 Å². The third-order valence-electron chi connectivity index (χ3n) is 1.94. The first-order valence-electron chi connectivity index (χ1n) is 4.11. The zero-order chi connectivity index (χ0) is 10.1. The average Bonchev–Trinajstić information content (AvgIpc) is 2.47. The highest BCUT2D eigenvalue weighted by Crippen LogP contribution is 2.22. The molecule has 72 valence electrons. The summed E-state index contributed by atoms with van der Waals surface area (Å²) in [5, 5.41) is 0. The molecule has 1 aromatic carbocycles. The number of rotatable bonds is 1. The van der Waals surface area contributed by atoms with Crippen LogP contribution < -0.4 is 5.56 Å². The van der Waals surface area contributed by atoms with Crippen molar-refractivity contribution < 1.29 is 4.52 Å². The van der Waals surface area contributed by atoms with E-state index in [-0.39, 0.29) is 5.56 Å². The first-order chi connectivity index (χ1) is 6.70. The van der Waals surface area contributed by atoms with Crippen molar-refractivity contribution in [3.8, 4) is 11.3 Å². The SMILES string of the molecule is Cn1oc(-c2ccccc2)c(I)c1=O. The number of hydrogen-bond donors (Lipinski definition) is 0. The van der Waals surface area contributed by atoms with Crippen molar-refractivity contribution >= 4 is 22.6 Å². The quantitative estimate of drug-likeness (QED) is 0.757. The van der Waals surface area contributed by atoms with Gasteiger partial charge in [0.15, 0.2) is 5.76 Å². The molecule has 0 atom stereocenters. The van der Waals surface area contributed by atoms with Crippen LogP contribution in [-0.2, 0) is 7.05 Å². The molecule has 2 aromatic rings. The van der Waals surface area contributed by atoms with Gasteiger partial charge in [-0.25, -0.2) is 0 Å². The fraction of sp³-hybridized carbons (Fsp3) is 0.100. The molecule has 0 N–H and O–H groups in total. The van der Waals surface area contributed by atoms with Crippen LogP contribution in [0.25, 0.3) is 11.3 Å². The summed E-state index contributed by atoms with van der Waals surface area (Å²) in [5.41, 5.74) is 0.832. The molecule has 0 unspecified atom stereocenters. The second-order valence-corrected chi connectivity index (χ2v) is 3.98. The zero-order valence-corrected chi connectivity index (χ0v) is 9.69. The Balaban J connectivity index is 2.64. The zero-order valence-electron chi connectivity index (χ0n) is 7.53. The Morgan fingerprint density at radius 2 is 1.93 bits per heavy atom. The van der Waals surface area contributed by atoms with Gasteiger partial charge in [-0.05, 0) is 22.6 Å². The van der Waals surface area contributed by atoms with E-state index in [0.29, 0.717) is 9.33 Å². The maximum absolute atomic E-state index is 11.4. The highest BCUT2D eigenvalue weighted by molar-refractivity contribution is 14.1. The minimum atomic E-state index is -0.0931. The van der Waals surface area contributed by atoms with Crippen molar-refractivity contribution in [3.63, 3.8) is 0 Å². The van der Waals surface area contributed by atoms with Gasteiger partial charge in [-0.15, -0.1) is 0 Å². The largest absolute Gasteiger partial charge is 0.375 e. The van der Waals surface area contributed by atoms with Gasteiger partial charge in [0.05, 0.1) is 0 Å². The van der Waals surface area contributed by atoms with Crippen LogP contribution in [0, 0.1) is 3.57 Å². The van der Waals surface area contributed by atoms with Gasteiger partial charge in [0.25, 0.3) is 5.56 Å². The normalized spacial score (nSPS) is 10.4. The Hall–Kier alpha value is -1.04. The van der Waals surface area contributed by atoms with E-state index in [1.54, 1.807) is 7.05 Å². The van der Waals surface area contributed by atoms with E-state index in [1.165, 1.54) is 4.74 Å². The van der Waals surface area contributed by atoms with Gasteiger partial charge in [0, 0.05) is 12.6 Å². The summed E-state index contributed by atoms with van der Waals surface area (Å²) >= 11 is 2.00. The van der Waals surface area contributed by atoms with Gasteiger partial charge >= 0.3 is 0 Å². The van der Waals surface area contributed by atoms with E-state index < -0.39 is 0 Å². The van der Waals surface area contributed by atoms with Gasteiger partial charge in [-0.3, -0.25) is 4.79 Å². The van der Waals surface area contributed by atoms with Gasteiger partial charge in [-0.2, -0.15) is 4.74 Å². The predicted octanol–water partition coefficient (Wildman–Crippen LogP) is 2.25. The number of benzene rings is 1. The molecule has 0 amide bonds. The van der Waals surface area contributed by atoms with E-state index in [4.69, 9.17) is 4.52 Å². The number of hydrogen-bond acceptors (Lipinski definition) is 2. The minimum absolute atomic E-state index is 0.0931. The lowest BCUT2D eigenvalue weighted by molar-refractivity contribution is 0.307. The molecule has 0 saturated heterocycles. The van der Waals surface area contributed by atoms with E-state index in [2.05, 4.69) is 0 Å². The monoisotopic (exact) mass is 301 g/mol. The van der Waals surface area contributed by atoms with Crippen LogP contribution in [0.3, 0.4) is 0 Å². The van der Waals surface area contributed by atoms with Gasteiger partial charge in [-0.1, -0.05) is 30.3 Å². The smallest absolute Gasteiger partial charge is 0.296 e. The summed E-state index contributed by atoms with van der Waals surface area (Å²) in [5.74, 6) is 0.638. The number of aryl methyl sites for hydroxylation is 1. The minimum Gasteiger partial charge on any atom is -0.375 e. The standard InChI is InChI=1S/C10H8INO2/c1-12-10(13)8(11)9(14-12)7-5-3-2-4-6-7/h2-6H,1H3. The summed E-state index contributed by atoms with van der Waals surface area (Å²) in [6.45, 7) is 0. The molecule has 0 aliphatic heterocycles. The first-order valence-corrected chi connectivity index (χ1v) is 5.19. The Bertz CT molecular complexity index is 499. The maximum atomic E-state index is 11.4. The molecule has 0 radical (unpaired) electrons. The lowest BCUT2D eigenvalue weighted by Crippen LogP contribution is -2.11. The number of halogens is 1. The van der Waals surface area contributed by atoms with E-state index >= 15 is 0 Å². The molecule has 0 aliphatic rings. The Morgan fingerprint density at radius 1 is 1.29 bits per heavy atom. The van der Waals surface area contributed by atoms with E-state index in [9.17, 15) is 4.79 Å². The van der Waals surface area contributed by atoms with Crippen LogP contribution in [0.2, 0.25) is 0 Å². The molecule has 3 nitrogen and oxygen atoms in total. The molecule has 0 bridgehead atoms. The molecule has 4 heteroatoms. The summed E-state index contributed by atoms with van der Waals surface area (Å²) < 4.78 is 7.19. The second kappa shape index (κ2) is 3.61. The van der Waals surface area contributed by atoms with Crippen molar-refractivity contribution in [2.45, 2.75) is 0 Å². The summed E-state index contributed by atoms with van der Waals surface area (Å²) in [6.07, 6.45) is 0. The lowest BCUT2D eigenvalue weighted by atomic mass is 10.2. The Labute approximate surface area is 94.5 Å². The lowest BCUT2D eigenvalue weighted by Gasteiger charge is -1.94. The van der Waals surface area contributed by atoms with Crippen LogP contribution in [0.5, 0.6) is 0 Å². The van der Waals surface area contributed by atoms with E-state index in [0.717, 1.165) is 5.56 Å². The topological polar surface area (TPSA) is 35.1 Å². The van der Waals surface area contributed by atoms with Gasteiger partial charge in [0.1, 0.15) is 3.57 Å². The van der Waals surface area contributed by atoms with Crippen LogP contribution >= 0.6 is 22.6 Å². The van der Waals surface area contributed by atoms with Crippen LogP contribution in [0.15, 0.2) is 39.6 Å². The summed E-state index contributed by atoms with van der Waals surface area (Å²) in [6, 6.07) is 9.59. The molecular formula is C10H8INO2. The average molecular weight is 301 g/mol. The highest BCUT2D eigenvalue weighted by atomic mass is 127. The molecule has 1 aromatic heterocycles. The summed E-state index contributed by atoms with van der Waals surface area (Å²) in [4.78, 5) is 11.4. The van der Waals surface area contributed by atoms with Crippen molar-refractivity contribution in [3.05, 3.63) is 44.3 Å². The third-order valence-corrected chi connectivity index (χ3v) is 2.89. The molecular weight excluding hydrogens is 293 g/mol. The second-order valence-electron chi connectivity index (χ2n) is 2.90. The van der Waals surface area contributed by atoms with Gasteiger partial charge < -0.3 is 4.52 Å². The molecule has 0 aliphatic carbocycles. The molecule has 0 saturated carbocycles. The van der Waals surface area contributed by atoms with Crippen LogP contribution in [0.1, 0.15) is 0 Å². The molecule has 14 heavy (non-hydrogen) atoms. The molecule has 0 fully saturated rings. The van der Waals surface area contributed by atoms with Crippen molar-refractivity contribution in [2.24, 2.45) is 7.05 Å². The maximum Gasteiger partial charge on any atom is 0.296 e. The predicted molar refractivity (Wildman–Crippen MR) is 62.1 cm³/mol. The molecule has 1 heterocycles. The Morgan fingerprint density at radius 3 is 2.43 bits per heavy atom. The third kappa shape index (κ3) is 1.50.